The molecular formula is C15H16ClN. The minimum Gasteiger partial charge on any atom is -0.309 e. The van der Waals surface area contributed by atoms with Gasteiger partial charge in [0.2, 0.25) is 0 Å². The fourth-order valence-corrected chi connectivity index (χ4v) is 1.90. The summed E-state index contributed by atoms with van der Waals surface area (Å²) < 4.78 is 0. The molecule has 0 spiro atoms. The van der Waals surface area contributed by atoms with Gasteiger partial charge in [-0.25, -0.2) is 0 Å². The first-order valence-electron chi connectivity index (χ1n) is 5.75. The van der Waals surface area contributed by atoms with Crippen molar-refractivity contribution in [3.05, 3.63) is 70.2 Å². The Balaban J connectivity index is 1.88. The van der Waals surface area contributed by atoms with Gasteiger partial charge in [0.15, 0.2) is 0 Å². The van der Waals surface area contributed by atoms with Crippen LogP contribution in [0.25, 0.3) is 0 Å². The number of hydrogen-bond acceptors (Lipinski definition) is 1. The predicted molar refractivity (Wildman–Crippen MR) is 73.2 cm³/mol. The third kappa shape index (κ3) is 3.58. The highest BCUT2D eigenvalue weighted by atomic mass is 35.5. The van der Waals surface area contributed by atoms with E-state index in [0.717, 1.165) is 23.7 Å². The summed E-state index contributed by atoms with van der Waals surface area (Å²) in [5, 5.41) is 4.24. The lowest BCUT2D eigenvalue weighted by Crippen LogP contribution is -2.12. The minimum atomic E-state index is 0.837. The van der Waals surface area contributed by atoms with E-state index in [9.17, 15) is 0 Å². The molecule has 0 aliphatic carbocycles. The average molecular weight is 246 g/mol. The standard InChI is InChI=1S/C15H16ClN/c1-12-7-8-14(9-15(12)16)11-17-10-13-5-3-2-4-6-13/h2-9,17H,10-11H2,1H3. The Labute approximate surface area is 107 Å². The molecule has 0 aromatic heterocycles. The van der Waals surface area contributed by atoms with Crippen molar-refractivity contribution >= 4 is 11.6 Å². The molecule has 0 aliphatic heterocycles. The van der Waals surface area contributed by atoms with E-state index in [1.54, 1.807) is 0 Å². The Morgan fingerprint density at radius 2 is 1.65 bits per heavy atom. The van der Waals surface area contributed by atoms with Crippen LogP contribution in [-0.4, -0.2) is 0 Å². The van der Waals surface area contributed by atoms with Gasteiger partial charge in [-0.15, -0.1) is 0 Å². The van der Waals surface area contributed by atoms with Crippen molar-refractivity contribution in [2.45, 2.75) is 20.0 Å². The van der Waals surface area contributed by atoms with Crippen LogP contribution in [0, 0.1) is 6.92 Å². The largest absolute Gasteiger partial charge is 0.309 e. The molecule has 17 heavy (non-hydrogen) atoms. The zero-order chi connectivity index (χ0) is 12.1. The number of rotatable bonds is 4. The maximum atomic E-state index is 6.08. The van der Waals surface area contributed by atoms with E-state index >= 15 is 0 Å². The average Bonchev–Trinajstić information content (AvgIpc) is 2.35. The lowest BCUT2D eigenvalue weighted by molar-refractivity contribution is 0.693. The van der Waals surface area contributed by atoms with Crippen LogP contribution in [0.1, 0.15) is 16.7 Å². The highest BCUT2D eigenvalue weighted by Crippen LogP contribution is 2.16. The maximum Gasteiger partial charge on any atom is 0.0438 e. The normalized spacial score (nSPS) is 10.5. The van der Waals surface area contributed by atoms with Crippen LogP contribution in [-0.2, 0) is 13.1 Å². The first-order chi connectivity index (χ1) is 8.25. The molecule has 0 saturated heterocycles. The molecule has 2 aromatic carbocycles. The lowest BCUT2D eigenvalue weighted by atomic mass is 10.1. The van der Waals surface area contributed by atoms with Crippen molar-refractivity contribution in [3.8, 4) is 0 Å². The summed E-state index contributed by atoms with van der Waals surface area (Å²) in [6.45, 7) is 3.74. The van der Waals surface area contributed by atoms with Crippen molar-refractivity contribution in [3.63, 3.8) is 0 Å². The summed E-state index contributed by atoms with van der Waals surface area (Å²) in [4.78, 5) is 0. The number of nitrogens with one attached hydrogen (secondary N) is 1. The molecule has 0 bridgehead atoms. The van der Waals surface area contributed by atoms with Gasteiger partial charge in [0, 0.05) is 18.1 Å². The Hall–Kier alpha value is -1.31. The maximum absolute atomic E-state index is 6.08. The van der Waals surface area contributed by atoms with Crippen LogP contribution in [0.2, 0.25) is 5.02 Å². The zero-order valence-electron chi connectivity index (χ0n) is 9.91. The second-order valence-electron chi connectivity index (χ2n) is 4.17. The smallest absolute Gasteiger partial charge is 0.0438 e. The predicted octanol–water partition coefficient (Wildman–Crippen LogP) is 3.94. The Morgan fingerprint density at radius 3 is 2.35 bits per heavy atom. The first kappa shape index (κ1) is 12.2. The Bertz CT molecular complexity index is 480. The summed E-state index contributed by atoms with van der Waals surface area (Å²) in [6, 6.07) is 16.6. The van der Waals surface area contributed by atoms with Gasteiger partial charge in [0.1, 0.15) is 0 Å². The van der Waals surface area contributed by atoms with E-state index < -0.39 is 0 Å². The molecule has 0 amide bonds. The van der Waals surface area contributed by atoms with Crippen molar-refractivity contribution in [1.82, 2.24) is 5.32 Å². The molecule has 0 radical (unpaired) electrons. The highest BCUT2D eigenvalue weighted by Gasteiger charge is 1.98. The molecule has 2 rings (SSSR count). The third-order valence-electron chi connectivity index (χ3n) is 2.74. The van der Waals surface area contributed by atoms with Crippen molar-refractivity contribution < 1.29 is 0 Å². The lowest BCUT2D eigenvalue weighted by Gasteiger charge is -2.06. The summed E-state index contributed by atoms with van der Waals surface area (Å²) >= 11 is 6.08. The molecule has 1 N–H and O–H groups in total. The summed E-state index contributed by atoms with van der Waals surface area (Å²) in [5.74, 6) is 0. The van der Waals surface area contributed by atoms with E-state index in [-0.39, 0.29) is 0 Å². The third-order valence-corrected chi connectivity index (χ3v) is 3.14. The van der Waals surface area contributed by atoms with Crippen LogP contribution in [0.4, 0.5) is 0 Å². The van der Waals surface area contributed by atoms with Gasteiger partial charge in [0.05, 0.1) is 0 Å². The monoisotopic (exact) mass is 245 g/mol. The molecule has 0 aliphatic rings. The molecule has 0 fully saturated rings. The van der Waals surface area contributed by atoms with E-state index in [4.69, 9.17) is 11.6 Å². The zero-order valence-corrected chi connectivity index (χ0v) is 10.7. The highest BCUT2D eigenvalue weighted by molar-refractivity contribution is 6.31. The van der Waals surface area contributed by atoms with Gasteiger partial charge in [-0.2, -0.15) is 0 Å². The van der Waals surface area contributed by atoms with Crippen molar-refractivity contribution in [2.24, 2.45) is 0 Å². The fraction of sp³-hybridized carbons (Fsp3) is 0.200. The first-order valence-corrected chi connectivity index (χ1v) is 6.13. The number of hydrogen-bond donors (Lipinski definition) is 1. The molecule has 0 unspecified atom stereocenters. The molecule has 0 heterocycles. The Kier molecular flexibility index (Phi) is 4.18. The van der Waals surface area contributed by atoms with Gasteiger partial charge < -0.3 is 5.32 Å². The second kappa shape index (κ2) is 5.85. The summed E-state index contributed by atoms with van der Waals surface area (Å²) in [7, 11) is 0. The van der Waals surface area contributed by atoms with E-state index in [1.165, 1.54) is 11.1 Å². The van der Waals surface area contributed by atoms with Crippen LogP contribution in [0.15, 0.2) is 48.5 Å². The van der Waals surface area contributed by atoms with Gasteiger partial charge >= 0.3 is 0 Å². The van der Waals surface area contributed by atoms with Gasteiger partial charge in [-0.3, -0.25) is 0 Å². The van der Waals surface area contributed by atoms with Crippen LogP contribution >= 0.6 is 11.6 Å². The summed E-state index contributed by atoms with van der Waals surface area (Å²) in [5.41, 5.74) is 3.64. The number of aryl methyl sites for hydroxylation is 1. The van der Waals surface area contributed by atoms with Gasteiger partial charge in [-0.1, -0.05) is 54.1 Å². The topological polar surface area (TPSA) is 12.0 Å². The molecular weight excluding hydrogens is 230 g/mol. The number of halogens is 1. The Morgan fingerprint density at radius 1 is 0.941 bits per heavy atom. The van der Waals surface area contributed by atoms with E-state index in [1.807, 2.05) is 19.1 Å². The SMILES string of the molecule is Cc1ccc(CNCc2ccccc2)cc1Cl. The van der Waals surface area contributed by atoms with Crippen LogP contribution < -0.4 is 5.32 Å². The molecule has 1 nitrogen and oxygen atoms in total. The van der Waals surface area contributed by atoms with Crippen molar-refractivity contribution in [1.29, 1.82) is 0 Å². The van der Waals surface area contributed by atoms with Crippen molar-refractivity contribution in [2.75, 3.05) is 0 Å². The van der Waals surface area contributed by atoms with Crippen LogP contribution in [0.3, 0.4) is 0 Å². The quantitative estimate of drug-likeness (QED) is 0.861. The van der Waals surface area contributed by atoms with E-state index in [2.05, 4.69) is 41.7 Å². The molecule has 0 saturated carbocycles. The van der Waals surface area contributed by atoms with Gasteiger partial charge in [0.25, 0.3) is 0 Å². The fourth-order valence-electron chi connectivity index (χ4n) is 1.69. The second-order valence-corrected chi connectivity index (χ2v) is 4.58. The molecule has 2 aromatic rings. The minimum absolute atomic E-state index is 0.837. The molecule has 2 heteroatoms. The molecule has 0 atom stereocenters. The molecule has 88 valence electrons. The number of benzene rings is 2. The summed E-state index contributed by atoms with van der Waals surface area (Å²) in [6.07, 6.45) is 0. The van der Waals surface area contributed by atoms with Crippen LogP contribution in [0.5, 0.6) is 0 Å². The van der Waals surface area contributed by atoms with Gasteiger partial charge in [-0.05, 0) is 29.7 Å². The van der Waals surface area contributed by atoms with E-state index in [0.29, 0.717) is 0 Å².